The third kappa shape index (κ3) is 3.90. The second-order valence-corrected chi connectivity index (χ2v) is 5.12. The SMILES string of the molecule is Cc1nc(CNCC(=O)N(C)C(C)C)cs1. The average Bonchev–Trinajstić information content (AvgIpc) is 2.62. The van der Waals surface area contributed by atoms with E-state index >= 15 is 0 Å². The van der Waals surface area contributed by atoms with E-state index in [-0.39, 0.29) is 11.9 Å². The van der Waals surface area contributed by atoms with Crippen molar-refractivity contribution in [3.8, 4) is 0 Å². The fraction of sp³-hybridized carbons (Fsp3) is 0.636. The molecule has 0 spiro atoms. The third-order valence-corrected chi connectivity index (χ3v) is 3.24. The lowest BCUT2D eigenvalue weighted by Crippen LogP contribution is -2.39. The molecule has 0 bridgehead atoms. The summed E-state index contributed by atoms with van der Waals surface area (Å²) in [5.41, 5.74) is 1.00. The normalized spacial score (nSPS) is 10.8. The van der Waals surface area contributed by atoms with Gasteiger partial charge in [0.1, 0.15) is 0 Å². The van der Waals surface area contributed by atoms with Gasteiger partial charge in [0.15, 0.2) is 0 Å². The standard InChI is InChI=1S/C11H19N3OS/c1-8(2)14(4)11(15)6-12-5-10-7-16-9(3)13-10/h7-8,12H,5-6H2,1-4H3. The molecular weight excluding hydrogens is 222 g/mol. The van der Waals surface area contributed by atoms with E-state index in [4.69, 9.17) is 0 Å². The Morgan fingerprint density at radius 3 is 2.81 bits per heavy atom. The molecule has 0 aliphatic rings. The van der Waals surface area contributed by atoms with Gasteiger partial charge in [-0.1, -0.05) is 0 Å². The number of amides is 1. The van der Waals surface area contributed by atoms with Crippen LogP contribution in [0.2, 0.25) is 0 Å². The molecule has 0 radical (unpaired) electrons. The second kappa shape index (κ2) is 5.96. The number of likely N-dealkylation sites (N-methyl/N-ethyl adjacent to an activating group) is 1. The predicted octanol–water partition coefficient (Wildman–Crippen LogP) is 1.41. The fourth-order valence-corrected chi connectivity index (χ4v) is 1.81. The Morgan fingerprint density at radius 1 is 1.62 bits per heavy atom. The van der Waals surface area contributed by atoms with Gasteiger partial charge in [-0.05, 0) is 20.8 Å². The van der Waals surface area contributed by atoms with Crippen LogP contribution in [-0.2, 0) is 11.3 Å². The summed E-state index contributed by atoms with van der Waals surface area (Å²) in [4.78, 5) is 17.7. The van der Waals surface area contributed by atoms with Crippen molar-refractivity contribution in [1.82, 2.24) is 15.2 Å². The van der Waals surface area contributed by atoms with Crippen molar-refractivity contribution < 1.29 is 4.79 Å². The summed E-state index contributed by atoms with van der Waals surface area (Å²) in [6, 6.07) is 0.246. The molecule has 0 aromatic carbocycles. The van der Waals surface area contributed by atoms with Crippen molar-refractivity contribution >= 4 is 17.2 Å². The van der Waals surface area contributed by atoms with Crippen molar-refractivity contribution in [2.24, 2.45) is 0 Å². The maximum Gasteiger partial charge on any atom is 0.236 e. The van der Waals surface area contributed by atoms with E-state index in [1.165, 1.54) is 0 Å². The first-order valence-electron chi connectivity index (χ1n) is 5.38. The molecule has 0 saturated carbocycles. The number of rotatable bonds is 5. The number of carbonyl (C=O) groups excluding carboxylic acids is 1. The van der Waals surface area contributed by atoms with Crippen LogP contribution in [0.1, 0.15) is 24.5 Å². The molecule has 1 aromatic heterocycles. The number of carbonyl (C=O) groups is 1. The van der Waals surface area contributed by atoms with Crippen molar-refractivity contribution in [1.29, 1.82) is 0 Å². The molecular formula is C11H19N3OS. The van der Waals surface area contributed by atoms with Gasteiger partial charge in [0, 0.05) is 25.0 Å². The number of nitrogens with one attached hydrogen (secondary N) is 1. The molecule has 0 aliphatic heterocycles. The first-order chi connectivity index (χ1) is 7.50. The summed E-state index contributed by atoms with van der Waals surface area (Å²) in [6.07, 6.45) is 0. The molecule has 1 aromatic rings. The lowest BCUT2D eigenvalue weighted by Gasteiger charge is -2.21. The summed E-state index contributed by atoms with van der Waals surface area (Å²) in [6.45, 7) is 7.00. The molecule has 0 aliphatic carbocycles. The summed E-state index contributed by atoms with van der Waals surface area (Å²) >= 11 is 1.63. The summed E-state index contributed by atoms with van der Waals surface area (Å²) < 4.78 is 0. The molecule has 16 heavy (non-hydrogen) atoms. The van der Waals surface area contributed by atoms with Crippen LogP contribution in [0.3, 0.4) is 0 Å². The maximum atomic E-state index is 11.6. The highest BCUT2D eigenvalue weighted by Gasteiger charge is 2.10. The van der Waals surface area contributed by atoms with Crippen molar-refractivity contribution in [2.75, 3.05) is 13.6 Å². The van der Waals surface area contributed by atoms with E-state index in [1.807, 2.05) is 33.2 Å². The van der Waals surface area contributed by atoms with Gasteiger partial charge < -0.3 is 10.2 Å². The first-order valence-corrected chi connectivity index (χ1v) is 6.26. The van der Waals surface area contributed by atoms with Crippen LogP contribution in [0.25, 0.3) is 0 Å². The minimum Gasteiger partial charge on any atom is -0.342 e. The monoisotopic (exact) mass is 241 g/mol. The zero-order valence-electron chi connectivity index (χ0n) is 10.3. The van der Waals surface area contributed by atoms with Crippen LogP contribution in [0.4, 0.5) is 0 Å². The fourth-order valence-electron chi connectivity index (χ4n) is 1.20. The lowest BCUT2D eigenvalue weighted by molar-refractivity contribution is -0.130. The van der Waals surface area contributed by atoms with Gasteiger partial charge in [0.2, 0.25) is 5.91 Å². The largest absolute Gasteiger partial charge is 0.342 e. The number of nitrogens with zero attached hydrogens (tertiary/aromatic N) is 2. The molecule has 0 atom stereocenters. The van der Waals surface area contributed by atoms with Crippen LogP contribution in [0, 0.1) is 6.92 Å². The van der Waals surface area contributed by atoms with Crippen molar-refractivity contribution in [2.45, 2.75) is 33.4 Å². The summed E-state index contributed by atoms with van der Waals surface area (Å²) in [5, 5.41) is 6.17. The molecule has 1 rings (SSSR count). The van der Waals surface area contributed by atoms with Crippen LogP contribution in [0.15, 0.2) is 5.38 Å². The van der Waals surface area contributed by atoms with Crippen LogP contribution in [-0.4, -0.2) is 35.4 Å². The van der Waals surface area contributed by atoms with Gasteiger partial charge in [-0.25, -0.2) is 4.98 Å². The van der Waals surface area contributed by atoms with E-state index in [1.54, 1.807) is 16.2 Å². The second-order valence-electron chi connectivity index (χ2n) is 4.06. The Labute approximate surface area is 101 Å². The van der Waals surface area contributed by atoms with Gasteiger partial charge >= 0.3 is 0 Å². The highest BCUT2D eigenvalue weighted by Crippen LogP contribution is 2.07. The highest BCUT2D eigenvalue weighted by atomic mass is 32.1. The Balaban J connectivity index is 2.28. The molecule has 5 heteroatoms. The lowest BCUT2D eigenvalue weighted by atomic mass is 10.3. The molecule has 4 nitrogen and oxygen atoms in total. The van der Waals surface area contributed by atoms with E-state index in [2.05, 4.69) is 10.3 Å². The Morgan fingerprint density at radius 2 is 2.31 bits per heavy atom. The number of hydrogen-bond acceptors (Lipinski definition) is 4. The smallest absolute Gasteiger partial charge is 0.236 e. The van der Waals surface area contributed by atoms with Gasteiger partial charge in [-0.15, -0.1) is 11.3 Å². The van der Waals surface area contributed by atoms with Crippen molar-refractivity contribution in [3.63, 3.8) is 0 Å². The zero-order chi connectivity index (χ0) is 12.1. The molecule has 0 unspecified atom stereocenters. The van der Waals surface area contributed by atoms with E-state index in [0.717, 1.165) is 10.7 Å². The molecule has 0 saturated heterocycles. The quantitative estimate of drug-likeness (QED) is 0.847. The first kappa shape index (κ1) is 13.1. The molecule has 90 valence electrons. The van der Waals surface area contributed by atoms with E-state index in [9.17, 15) is 4.79 Å². The Bertz CT molecular complexity index is 349. The third-order valence-electron chi connectivity index (χ3n) is 2.42. The van der Waals surface area contributed by atoms with Crippen molar-refractivity contribution in [3.05, 3.63) is 16.1 Å². The average molecular weight is 241 g/mol. The maximum absolute atomic E-state index is 11.6. The molecule has 1 N–H and O–H groups in total. The van der Waals surface area contributed by atoms with Crippen LogP contribution >= 0.6 is 11.3 Å². The number of aryl methyl sites for hydroxylation is 1. The van der Waals surface area contributed by atoms with Gasteiger partial charge in [0.25, 0.3) is 0 Å². The van der Waals surface area contributed by atoms with E-state index in [0.29, 0.717) is 13.1 Å². The topological polar surface area (TPSA) is 45.2 Å². The van der Waals surface area contributed by atoms with Gasteiger partial charge in [-0.3, -0.25) is 4.79 Å². The predicted molar refractivity (Wildman–Crippen MR) is 66.5 cm³/mol. The Hall–Kier alpha value is -0.940. The highest BCUT2D eigenvalue weighted by molar-refractivity contribution is 7.09. The molecule has 1 heterocycles. The van der Waals surface area contributed by atoms with Gasteiger partial charge in [0.05, 0.1) is 17.2 Å². The number of thiazole rings is 1. The zero-order valence-corrected chi connectivity index (χ0v) is 11.1. The Kier molecular flexibility index (Phi) is 4.89. The minimum absolute atomic E-state index is 0.113. The van der Waals surface area contributed by atoms with Gasteiger partial charge in [-0.2, -0.15) is 0 Å². The summed E-state index contributed by atoms with van der Waals surface area (Å²) in [5.74, 6) is 0.113. The van der Waals surface area contributed by atoms with E-state index < -0.39 is 0 Å². The molecule has 0 fully saturated rings. The number of aromatic nitrogens is 1. The number of hydrogen-bond donors (Lipinski definition) is 1. The minimum atomic E-state index is 0.113. The van der Waals surface area contributed by atoms with Crippen LogP contribution < -0.4 is 5.32 Å². The molecule has 1 amide bonds. The summed E-state index contributed by atoms with van der Waals surface area (Å²) in [7, 11) is 1.82. The van der Waals surface area contributed by atoms with Crippen LogP contribution in [0.5, 0.6) is 0 Å².